The van der Waals surface area contributed by atoms with Crippen LogP contribution in [0.15, 0.2) is 34.7 Å². The molecule has 0 saturated heterocycles. The second-order valence-corrected chi connectivity index (χ2v) is 5.72. The highest BCUT2D eigenvalue weighted by molar-refractivity contribution is 6.34. The Bertz CT molecular complexity index is 791. The van der Waals surface area contributed by atoms with Crippen LogP contribution in [0.1, 0.15) is 11.1 Å². The number of hydrogen-bond acceptors (Lipinski definition) is 3. The first-order valence-electron chi connectivity index (χ1n) is 6.28. The highest BCUT2D eigenvalue weighted by atomic mass is 35.5. The quantitative estimate of drug-likeness (QED) is 0.620. The van der Waals surface area contributed by atoms with Gasteiger partial charge in [0.25, 0.3) is 0 Å². The summed E-state index contributed by atoms with van der Waals surface area (Å²) in [5.41, 5.74) is 3.31. The number of nitrogens with zero attached hydrogens (tertiary/aromatic N) is 1. The van der Waals surface area contributed by atoms with E-state index in [1.807, 2.05) is 31.2 Å². The molecular weight excluding hydrogens is 331 g/mol. The molecule has 3 aromatic rings. The average Bonchev–Trinajstić information content (AvgIpc) is 2.73. The summed E-state index contributed by atoms with van der Waals surface area (Å²) in [5, 5.41) is 5.31. The Hall–Kier alpha value is -1.42. The van der Waals surface area contributed by atoms with Gasteiger partial charge in [-0.1, -0.05) is 41.4 Å². The molecule has 0 fully saturated rings. The fraction of sp³-hybridized carbons (Fsp3) is 0.133. The van der Waals surface area contributed by atoms with E-state index in [-0.39, 0.29) is 0 Å². The van der Waals surface area contributed by atoms with Gasteiger partial charge < -0.3 is 9.73 Å². The van der Waals surface area contributed by atoms with E-state index in [0.29, 0.717) is 22.1 Å². The van der Waals surface area contributed by atoms with E-state index in [9.17, 15) is 0 Å². The first-order chi connectivity index (χ1) is 10.1. The monoisotopic (exact) mass is 340 g/mol. The SMILES string of the molecule is Cc1cc(Cl)nc(Cl)c1NCc1c(Cl)oc2ccccc12. The molecule has 3 nitrogen and oxygen atoms in total. The molecule has 0 aliphatic rings. The molecule has 6 heteroatoms. The molecule has 0 aliphatic carbocycles. The predicted octanol–water partition coefficient (Wildman–Crippen LogP) is 5.71. The van der Waals surface area contributed by atoms with Crippen LogP contribution >= 0.6 is 34.8 Å². The van der Waals surface area contributed by atoms with E-state index in [2.05, 4.69) is 10.3 Å². The van der Waals surface area contributed by atoms with E-state index in [1.165, 1.54) is 0 Å². The Labute approximate surface area is 136 Å². The summed E-state index contributed by atoms with van der Waals surface area (Å²) in [7, 11) is 0. The van der Waals surface area contributed by atoms with Crippen LogP contribution in [-0.4, -0.2) is 4.98 Å². The summed E-state index contributed by atoms with van der Waals surface area (Å²) in [6.45, 7) is 2.40. The number of benzene rings is 1. The van der Waals surface area contributed by atoms with Crippen molar-refractivity contribution in [3.63, 3.8) is 0 Å². The van der Waals surface area contributed by atoms with Crippen molar-refractivity contribution in [2.24, 2.45) is 0 Å². The minimum Gasteiger partial charge on any atom is -0.444 e. The number of para-hydroxylation sites is 1. The minimum atomic E-state index is 0.337. The van der Waals surface area contributed by atoms with Crippen molar-refractivity contribution in [1.82, 2.24) is 4.98 Å². The Balaban J connectivity index is 1.92. The number of halogens is 3. The molecule has 2 heterocycles. The topological polar surface area (TPSA) is 38.1 Å². The maximum absolute atomic E-state index is 6.16. The van der Waals surface area contributed by atoms with Crippen LogP contribution in [0.2, 0.25) is 15.5 Å². The zero-order valence-corrected chi connectivity index (χ0v) is 13.4. The van der Waals surface area contributed by atoms with E-state index < -0.39 is 0 Å². The number of rotatable bonds is 3. The van der Waals surface area contributed by atoms with Crippen molar-refractivity contribution in [3.05, 3.63) is 57.0 Å². The Morgan fingerprint density at radius 1 is 1.19 bits per heavy atom. The lowest BCUT2D eigenvalue weighted by Gasteiger charge is -2.11. The highest BCUT2D eigenvalue weighted by Gasteiger charge is 2.13. The molecule has 0 amide bonds. The molecule has 2 aromatic heterocycles. The summed E-state index contributed by atoms with van der Waals surface area (Å²) in [5.74, 6) is 0. The number of nitrogens with one attached hydrogen (secondary N) is 1. The third-order valence-electron chi connectivity index (χ3n) is 3.23. The van der Waals surface area contributed by atoms with Crippen molar-refractivity contribution < 1.29 is 4.42 Å². The molecule has 0 radical (unpaired) electrons. The molecule has 0 atom stereocenters. The fourth-order valence-corrected chi connectivity index (χ4v) is 3.07. The van der Waals surface area contributed by atoms with Crippen LogP contribution in [0.5, 0.6) is 0 Å². The number of aryl methyl sites for hydroxylation is 1. The summed E-state index contributed by atoms with van der Waals surface area (Å²) >= 11 is 18.1. The van der Waals surface area contributed by atoms with Crippen LogP contribution in [-0.2, 0) is 6.54 Å². The van der Waals surface area contributed by atoms with Crippen molar-refractivity contribution in [1.29, 1.82) is 0 Å². The third kappa shape index (κ3) is 2.82. The normalized spacial score (nSPS) is 11.0. The Morgan fingerprint density at radius 3 is 2.71 bits per heavy atom. The maximum atomic E-state index is 6.16. The third-order valence-corrected chi connectivity index (χ3v) is 4.00. The average molecular weight is 342 g/mol. The standard InChI is InChI=1S/C15H11Cl3N2O/c1-8-6-12(16)20-14(17)13(8)19-7-10-9-4-2-3-5-11(9)21-15(10)18/h2-6,19H,7H2,1H3. The molecule has 0 spiro atoms. The van der Waals surface area contributed by atoms with Gasteiger partial charge in [-0.25, -0.2) is 4.98 Å². The summed E-state index contributed by atoms with van der Waals surface area (Å²) in [6.07, 6.45) is 0. The summed E-state index contributed by atoms with van der Waals surface area (Å²) in [6, 6.07) is 9.46. The first kappa shape index (κ1) is 14.5. The molecule has 21 heavy (non-hydrogen) atoms. The lowest BCUT2D eigenvalue weighted by Crippen LogP contribution is -2.03. The summed E-state index contributed by atoms with van der Waals surface area (Å²) < 4.78 is 5.52. The maximum Gasteiger partial charge on any atom is 0.199 e. The van der Waals surface area contributed by atoms with Gasteiger partial charge in [-0.15, -0.1) is 0 Å². The van der Waals surface area contributed by atoms with Crippen LogP contribution in [0.4, 0.5) is 5.69 Å². The van der Waals surface area contributed by atoms with Gasteiger partial charge in [0.15, 0.2) is 10.4 Å². The minimum absolute atomic E-state index is 0.337. The van der Waals surface area contributed by atoms with E-state index in [1.54, 1.807) is 6.07 Å². The van der Waals surface area contributed by atoms with Crippen molar-refractivity contribution >= 4 is 51.5 Å². The van der Waals surface area contributed by atoms with Gasteiger partial charge in [0, 0.05) is 17.5 Å². The molecule has 0 aliphatic heterocycles. The van der Waals surface area contributed by atoms with Gasteiger partial charge in [-0.05, 0) is 36.2 Å². The van der Waals surface area contributed by atoms with E-state index in [0.717, 1.165) is 27.8 Å². The number of aromatic nitrogens is 1. The molecule has 3 rings (SSSR count). The molecule has 108 valence electrons. The molecule has 1 aromatic carbocycles. The highest BCUT2D eigenvalue weighted by Crippen LogP contribution is 2.32. The van der Waals surface area contributed by atoms with Crippen molar-refractivity contribution in [3.8, 4) is 0 Å². The zero-order valence-electron chi connectivity index (χ0n) is 11.1. The molecular formula is C15H11Cl3N2O. The lowest BCUT2D eigenvalue weighted by atomic mass is 10.1. The molecule has 1 N–H and O–H groups in total. The van der Waals surface area contributed by atoms with Gasteiger partial charge >= 0.3 is 0 Å². The van der Waals surface area contributed by atoms with Gasteiger partial charge in [0.1, 0.15) is 10.7 Å². The van der Waals surface area contributed by atoms with Gasteiger partial charge in [0.05, 0.1) is 5.69 Å². The largest absolute Gasteiger partial charge is 0.444 e. The number of fused-ring (bicyclic) bond motifs is 1. The first-order valence-corrected chi connectivity index (χ1v) is 7.42. The second kappa shape index (κ2) is 5.76. The zero-order chi connectivity index (χ0) is 15.0. The van der Waals surface area contributed by atoms with Gasteiger partial charge in [-0.3, -0.25) is 0 Å². The van der Waals surface area contributed by atoms with Gasteiger partial charge in [-0.2, -0.15) is 0 Å². The molecule has 0 unspecified atom stereocenters. The van der Waals surface area contributed by atoms with Gasteiger partial charge in [0.2, 0.25) is 0 Å². The lowest BCUT2D eigenvalue weighted by molar-refractivity contribution is 0.613. The van der Waals surface area contributed by atoms with Crippen LogP contribution in [0.3, 0.4) is 0 Å². The smallest absolute Gasteiger partial charge is 0.199 e. The Kier molecular flexibility index (Phi) is 3.98. The van der Waals surface area contributed by atoms with E-state index >= 15 is 0 Å². The van der Waals surface area contributed by atoms with Crippen molar-refractivity contribution in [2.75, 3.05) is 5.32 Å². The van der Waals surface area contributed by atoms with Crippen LogP contribution < -0.4 is 5.32 Å². The van der Waals surface area contributed by atoms with Crippen molar-refractivity contribution in [2.45, 2.75) is 13.5 Å². The molecule has 0 bridgehead atoms. The van der Waals surface area contributed by atoms with E-state index in [4.69, 9.17) is 39.2 Å². The fourth-order valence-electron chi connectivity index (χ4n) is 2.22. The number of anilines is 1. The number of furan rings is 1. The second-order valence-electron chi connectivity index (χ2n) is 4.63. The number of hydrogen-bond donors (Lipinski definition) is 1. The predicted molar refractivity (Wildman–Crippen MR) is 87.5 cm³/mol. The van der Waals surface area contributed by atoms with Crippen LogP contribution in [0.25, 0.3) is 11.0 Å². The Morgan fingerprint density at radius 2 is 1.95 bits per heavy atom. The molecule has 0 saturated carbocycles. The number of pyridine rings is 1. The summed E-state index contributed by atoms with van der Waals surface area (Å²) in [4.78, 5) is 4.03. The van der Waals surface area contributed by atoms with Crippen LogP contribution in [0, 0.1) is 6.92 Å².